The molecular weight excluding hydrogens is 260 g/mol. The number of amides is 2. The quantitative estimate of drug-likeness (QED) is 0.839. The van der Waals surface area contributed by atoms with Crippen molar-refractivity contribution >= 4 is 12.0 Å². The highest BCUT2D eigenvalue weighted by molar-refractivity contribution is 5.74. The second-order valence-electron chi connectivity index (χ2n) is 4.96. The molecule has 0 aromatic carbocycles. The number of hydrogen-bond acceptors (Lipinski definition) is 3. The molecule has 1 atom stereocenters. The lowest BCUT2D eigenvalue weighted by Crippen LogP contribution is -2.39. The molecule has 2 N–H and O–H groups in total. The van der Waals surface area contributed by atoms with Crippen molar-refractivity contribution in [2.24, 2.45) is 0 Å². The number of nitrogens with zero attached hydrogens (tertiary/aromatic N) is 1. The summed E-state index contributed by atoms with van der Waals surface area (Å²) in [5.74, 6) is 0.758. The first kappa shape index (κ1) is 16.1. The van der Waals surface area contributed by atoms with E-state index in [4.69, 9.17) is 9.52 Å². The van der Waals surface area contributed by atoms with E-state index < -0.39 is 5.97 Å². The summed E-state index contributed by atoms with van der Waals surface area (Å²) in [6.07, 6.45) is 0.505. The van der Waals surface area contributed by atoms with Crippen molar-refractivity contribution in [1.29, 1.82) is 0 Å². The van der Waals surface area contributed by atoms with Crippen LogP contribution in [0.1, 0.15) is 42.9 Å². The largest absolute Gasteiger partial charge is 0.481 e. The third-order valence-corrected chi connectivity index (χ3v) is 3.12. The van der Waals surface area contributed by atoms with Crippen molar-refractivity contribution in [2.75, 3.05) is 13.6 Å². The summed E-state index contributed by atoms with van der Waals surface area (Å²) in [5, 5.41) is 11.4. The van der Waals surface area contributed by atoms with Crippen molar-refractivity contribution < 1.29 is 19.1 Å². The van der Waals surface area contributed by atoms with Crippen LogP contribution in [-0.2, 0) is 4.79 Å². The van der Waals surface area contributed by atoms with Gasteiger partial charge in [-0.3, -0.25) is 4.79 Å². The van der Waals surface area contributed by atoms with E-state index in [9.17, 15) is 9.59 Å². The zero-order valence-electron chi connectivity index (χ0n) is 12.4. The van der Waals surface area contributed by atoms with E-state index >= 15 is 0 Å². The lowest BCUT2D eigenvalue weighted by Gasteiger charge is -2.21. The normalized spacial score (nSPS) is 12.0. The lowest BCUT2D eigenvalue weighted by atomic mass is 10.1. The average Bonchev–Trinajstić information content (AvgIpc) is 2.67. The van der Waals surface area contributed by atoms with Gasteiger partial charge in [-0.15, -0.1) is 0 Å². The van der Waals surface area contributed by atoms with Gasteiger partial charge in [0.1, 0.15) is 11.5 Å². The van der Waals surface area contributed by atoms with E-state index in [0.29, 0.717) is 13.0 Å². The Labute approximate surface area is 118 Å². The molecule has 0 spiro atoms. The van der Waals surface area contributed by atoms with E-state index in [1.165, 1.54) is 4.90 Å². The summed E-state index contributed by atoms with van der Waals surface area (Å²) in [6, 6.07) is 1.54. The van der Waals surface area contributed by atoms with E-state index in [1.807, 2.05) is 26.8 Å². The molecular formula is C14H22N2O4. The van der Waals surface area contributed by atoms with Gasteiger partial charge in [0.2, 0.25) is 0 Å². The number of carboxylic acid groups (broad SMARTS) is 1. The molecule has 0 fully saturated rings. The number of carbonyl (C=O) groups excluding carboxylic acids is 1. The number of carboxylic acids is 1. The summed E-state index contributed by atoms with van der Waals surface area (Å²) >= 11 is 0. The molecule has 20 heavy (non-hydrogen) atoms. The molecule has 1 heterocycles. The number of aliphatic carboxylic acids is 1. The Morgan fingerprint density at radius 3 is 2.60 bits per heavy atom. The minimum Gasteiger partial charge on any atom is -0.481 e. The molecule has 112 valence electrons. The van der Waals surface area contributed by atoms with Gasteiger partial charge in [-0.1, -0.05) is 0 Å². The Morgan fingerprint density at radius 1 is 1.45 bits per heavy atom. The predicted molar refractivity (Wildman–Crippen MR) is 74.6 cm³/mol. The summed E-state index contributed by atoms with van der Waals surface area (Å²) in [4.78, 5) is 23.9. The summed E-state index contributed by atoms with van der Waals surface area (Å²) in [7, 11) is 1.65. The summed E-state index contributed by atoms with van der Waals surface area (Å²) in [5.41, 5.74) is 0.954. The zero-order valence-corrected chi connectivity index (χ0v) is 12.4. The smallest absolute Gasteiger partial charge is 0.317 e. The monoisotopic (exact) mass is 282 g/mol. The molecule has 1 unspecified atom stereocenters. The second kappa shape index (κ2) is 6.98. The van der Waals surface area contributed by atoms with E-state index in [2.05, 4.69) is 5.32 Å². The zero-order chi connectivity index (χ0) is 15.3. The van der Waals surface area contributed by atoms with Gasteiger partial charge in [0.15, 0.2) is 0 Å². The summed E-state index contributed by atoms with van der Waals surface area (Å²) in [6.45, 7) is 6.03. The molecule has 0 aliphatic rings. The molecule has 0 bridgehead atoms. The van der Waals surface area contributed by atoms with Crippen LogP contribution in [0.15, 0.2) is 10.5 Å². The first-order valence-electron chi connectivity index (χ1n) is 6.61. The Balaban J connectivity index is 2.48. The Morgan fingerprint density at radius 2 is 2.10 bits per heavy atom. The fraction of sp³-hybridized carbons (Fsp3) is 0.571. The fourth-order valence-corrected chi connectivity index (χ4v) is 2.02. The highest BCUT2D eigenvalue weighted by atomic mass is 16.4. The van der Waals surface area contributed by atoms with Crippen LogP contribution in [0.25, 0.3) is 0 Å². The molecule has 2 amide bonds. The molecule has 0 saturated heterocycles. The Hall–Kier alpha value is -1.98. The highest BCUT2D eigenvalue weighted by Crippen LogP contribution is 2.21. The van der Waals surface area contributed by atoms with Crippen LogP contribution in [0.3, 0.4) is 0 Å². The summed E-state index contributed by atoms with van der Waals surface area (Å²) < 4.78 is 5.44. The van der Waals surface area contributed by atoms with E-state index in [-0.39, 0.29) is 18.5 Å². The molecule has 1 rings (SSSR count). The van der Waals surface area contributed by atoms with Crippen molar-refractivity contribution in [3.63, 3.8) is 0 Å². The minimum atomic E-state index is -0.850. The third kappa shape index (κ3) is 4.60. The molecule has 6 nitrogen and oxygen atoms in total. The van der Waals surface area contributed by atoms with Gasteiger partial charge < -0.3 is 19.7 Å². The molecule has 1 aromatic rings. The number of rotatable bonds is 6. The first-order chi connectivity index (χ1) is 9.31. The van der Waals surface area contributed by atoms with Crippen molar-refractivity contribution in [3.05, 3.63) is 23.2 Å². The van der Waals surface area contributed by atoms with Crippen LogP contribution in [-0.4, -0.2) is 35.6 Å². The van der Waals surface area contributed by atoms with Crippen molar-refractivity contribution in [3.8, 4) is 0 Å². The maximum absolute atomic E-state index is 12.0. The topological polar surface area (TPSA) is 82.8 Å². The predicted octanol–water partition coefficient (Wildman–Crippen LogP) is 2.46. The molecule has 0 aliphatic carbocycles. The van der Waals surface area contributed by atoms with Crippen LogP contribution in [0.4, 0.5) is 4.79 Å². The highest BCUT2D eigenvalue weighted by Gasteiger charge is 2.17. The molecule has 6 heteroatoms. The van der Waals surface area contributed by atoms with Crippen LogP contribution >= 0.6 is 0 Å². The standard InChI is InChI=1S/C14H22N2O4/c1-9-8-12(11(3)20-9)10(2)15-14(19)16(4)7-5-6-13(17)18/h8,10H,5-7H2,1-4H3,(H,15,19)(H,17,18). The molecule has 0 radical (unpaired) electrons. The Bertz CT molecular complexity index is 482. The lowest BCUT2D eigenvalue weighted by molar-refractivity contribution is -0.137. The first-order valence-corrected chi connectivity index (χ1v) is 6.61. The molecule has 1 aromatic heterocycles. The van der Waals surface area contributed by atoms with Gasteiger partial charge in [-0.25, -0.2) is 4.79 Å². The van der Waals surface area contributed by atoms with Gasteiger partial charge >= 0.3 is 12.0 Å². The minimum absolute atomic E-state index is 0.0627. The number of furan rings is 1. The number of nitrogens with one attached hydrogen (secondary N) is 1. The third-order valence-electron chi connectivity index (χ3n) is 3.12. The Kier molecular flexibility index (Phi) is 5.61. The van der Waals surface area contributed by atoms with Gasteiger partial charge in [-0.05, 0) is 33.3 Å². The fourth-order valence-electron chi connectivity index (χ4n) is 2.02. The van der Waals surface area contributed by atoms with E-state index in [0.717, 1.165) is 17.1 Å². The number of aryl methyl sites for hydroxylation is 2. The second-order valence-corrected chi connectivity index (χ2v) is 4.96. The average molecular weight is 282 g/mol. The number of urea groups is 1. The maximum atomic E-state index is 12.0. The van der Waals surface area contributed by atoms with Crippen LogP contribution in [0.2, 0.25) is 0 Å². The number of carbonyl (C=O) groups is 2. The van der Waals surface area contributed by atoms with Gasteiger partial charge in [0.05, 0.1) is 6.04 Å². The molecule has 0 saturated carbocycles. The SMILES string of the molecule is Cc1cc(C(C)NC(=O)N(C)CCCC(=O)O)c(C)o1. The maximum Gasteiger partial charge on any atom is 0.317 e. The number of hydrogen-bond donors (Lipinski definition) is 2. The van der Waals surface area contributed by atoms with Crippen LogP contribution in [0, 0.1) is 13.8 Å². The van der Waals surface area contributed by atoms with E-state index in [1.54, 1.807) is 7.05 Å². The van der Waals surface area contributed by atoms with Gasteiger partial charge in [-0.2, -0.15) is 0 Å². The van der Waals surface area contributed by atoms with Gasteiger partial charge in [0.25, 0.3) is 0 Å². The van der Waals surface area contributed by atoms with Crippen molar-refractivity contribution in [1.82, 2.24) is 10.2 Å². The molecule has 0 aliphatic heterocycles. The van der Waals surface area contributed by atoms with Crippen LogP contribution < -0.4 is 5.32 Å². The van der Waals surface area contributed by atoms with Crippen molar-refractivity contribution in [2.45, 2.75) is 39.7 Å². The van der Waals surface area contributed by atoms with Crippen LogP contribution in [0.5, 0.6) is 0 Å². The van der Waals surface area contributed by atoms with Gasteiger partial charge in [0, 0.05) is 25.6 Å².